The summed E-state index contributed by atoms with van der Waals surface area (Å²) >= 11 is 6.13. The molecule has 0 spiro atoms. The number of benzene rings is 1. The van der Waals surface area contributed by atoms with Crippen LogP contribution in [0.2, 0.25) is 5.02 Å². The zero-order valence-corrected chi connectivity index (χ0v) is 11.9. The van der Waals surface area contributed by atoms with Crippen molar-refractivity contribution >= 4 is 28.9 Å². The first-order valence-corrected chi connectivity index (χ1v) is 6.23. The Kier molecular flexibility index (Phi) is 4.60. The molecule has 1 aromatic carbocycles. The molecule has 2 aromatic rings. The van der Waals surface area contributed by atoms with Gasteiger partial charge in [0, 0.05) is 19.2 Å². The lowest BCUT2D eigenvalue weighted by Crippen LogP contribution is -2.04. The minimum absolute atomic E-state index is 0.283. The summed E-state index contributed by atoms with van der Waals surface area (Å²) in [5.74, 6) is 2.08. The van der Waals surface area contributed by atoms with Gasteiger partial charge in [-0.1, -0.05) is 11.6 Å². The summed E-state index contributed by atoms with van der Waals surface area (Å²) in [6.07, 6.45) is 0. The van der Waals surface area contributed by atoms with Crippen molar-refractivity contribution in [3.63, 3.8) is 0 Å². The van der Waals surface area contributed by atoms with Gasteiger partial charge in [0.15, 0.2) is 5.82 Å². The average Bonchev–Trinajstić information content (AvgIpc) is 2.41. The van der Waals surface area contributed by atoms with Crippen molar-refractivity contribution in [2.45, 2.75) is 6.61 Å². The fraction of sp³-hybridized carbons (Fsp3) is 0.231. The molecule has 0 aliphatic rings. The number of nitrogen functional groups attached to an aromatic ring is 1. The van der Waals surface area contributed by atoms with E-state index >= 15 is 0 Å². The van der Waals surface area contributed by atoms with Crippen LogP contribution in [0.25, 0.3) is 0 Å². The molecular weight excluding hydrogens is 280 g/mol. The van der Waals surface area contributed by atoms with Gasteiger partial charge in [0.2, 0.25) is 0 Å². The lowest BCUT2D eigenvalue weighted by Gasteiger charge is -2.11. The number of ether oxygens (including phenoxy) is 2. The minimum atomic E-state index is 0.283. The summed E-state index contributed by atoms with van der Waals surface area (Å²) in [6.45, 7) is 0.283. The third-order valence-corrected chi connectivity index (χ3v) is 2.83. The molecule has 0 unspecified atom stereocenters. The van der Waals surface area contributed by atoms with Crippen molar-refractivity contribution in [1.29, 1.82) is 0 Å². The lowest BCUT2D eigenvalue weighted by atomic mass is 10.3. The maximum absolute atomic E-state index is 6.13. The molecule has 1 heterocycles. The number of anilines is 3. The van der Waals surface area contributed by atoms with Crippen LogP contribution in [0, 0.1) is 0 Å². The fourth-order valence-electron chi connectivity index (χ4n) is 1.64. The molecule has 0 aliphatic carbocycles. The number of hydrogen-bond acceptors (Lipinski definition) is 6. The third-order valence-electron chi connectivity index (χ3n) is 2.50. The van der Waals surface area contributed by atoms with E-state index in [0.717, 1.165) is 0 Å². The van der Waals surface area contributed by atoms with Gasteiger partial charge in [-0.15, -0.1) is 0 Å². The summed E-state index contributed by atoms with van der Waals surface area (Å²) in [6, 6.07) is 6.91. The zero-order valence-electron chi connectivity index (χ0n) is 11.2. The first-order valence-electron chi connectivity index (χ1n) is 5.85. The van der Waals surface area contributed by atoms with Gasteiger partial charge in [0.25, 0.3) is 0 Å². The van der Waals surface area contributed by atoms with Gasteiger partial charge < -0.3 is 20.5 Å². The number of aromatic nitrogens is 2. The average molecular weight is 295 g/mol. The van der Waals surface area contributed by atoms with Crippen molar-refractivity contribution in [2.75, 3.05) is 25.3 Å². The highest BCUT2D eigenvalue weighted by atomic mass is 35.5. The minimum Gasteiger partial charge on any atom is -0.497 e. The number of nitrogens with one attached hydrogen (secondary N) is 1. The summed E-state index contributed by atoms with van der Waals surface area (Å²) in [4.78, 5) is 8.35. The Hall–Kier alpha value is -2.05. The largest absolute Gasteiger partial charge is 0.497 e. The van der Waals surface area contributed by atoms with Crippen molar-refractivity contribution < 1.29 is 9.47 Å². The van der Waals surface area contributed by atoms with E-state index in [4.69, 9.17) is 26.8 Å². The second kappa shape index (κ2) is 6.40. The second-order valence-corrected chi connectivity index (χ2v) is 4.41. The highest BCUT2D eigenvalue weighted by Crippen LogP contribution is 2.29. The fourth-order valence-corrected chi connectivity index (χ4v) is 1.81. The van der Waals surface area contributed by atoms with Gasteiger partial charge in [-0.3, -0.25) is 0 Å². The van der Waals surface area contributed by atoms with Crippen molar-refractivity contribution in [3.05, 3.63) is 35.1 Å². The Morgan fingerprint density at radius 3 is 2.75 bits per heavy atom. The van der Waals surface area contributed by atoms with E-state index in [1.807, 2.05) is 0 Å². The Bertz CT molecular complexity index is 607. The van der Waals surface area contributed by atoms with Crippen LogP contribution >= 0.6 is 11.6 Å². The smallest absolute Gasteiger partial charge is 0.158 e. The van der Waals surface area contributed by atoms with Gasteiger partial charge in [-0.25, -0.2) is 9.97 Å². The highest BCUT2D eigenvalue weighted by molar-refractivity contribution is 6.33. The van der Waals surface area contributed by atoms with Crippen molar-refractivity contribution in [2.24, 2.45) is 0 Å². The normalized spacial score (nSPS) is 10.3. The number of methoxy groups -OCH3 is 2. The third kappa shape index (κ3) is 3.49. The van der Waals surface area contributed by atoms with E-state index in [-0.39, 0.29) is 6.61 Å². The molecule has 3 N–H and O–H groups in total. The van der Waals surface area contributed by atoms with Crippen LogP contribution in [0.3, 0.4) is 0 Å². The standard InChI is InChI=1S/C13H15ClN4O2/c1-19-7-13-17-11(15)6-12(18-13)16-10-5-8(20-2)3-4-9(10)14/h3-6H,7H2,1-2H3,(H3,15,16,17,18). The van der Waals surface area contributed by atoms with Crippen LogP contribution in [0.4, 0.5) is 17.3 Å². The van der Waals surface area contributed by atoms with Gasteiger partial charge in [0.05, 0.1) is 17.8 Å². The molecule has 7 heteroatoms. The van der Waals surface area contributed by atoms with Crippen LogP contribution in [-0.4, -0.2) is 24.2 Å². The molecule has 6 nitrogen and oxygen atoms in total. The molecular formula is C13H15ClN4O2. The molecule has 1 aromatic heterocycles. The molecule has 0 aliphatic heterocycles. The van der Waals surface area contributed by atoms with E-state index in [2.05, 4.69) is 15.3 Å². The molecule has 0 atom stereocenters. The SMILES string of the molecule is COCc1nc(N)cc(Nc2cc(OC)ccc2Cl)n1. The van der Waals surface area contributed by atoms with Gasteiger partial charge in [-0.2, -0.15) is 0 Å². The molecule has 0 saturated heterocycles. The van der Waals surface area contributed by atoms with Gasteiger partial charge in [0.1, 0.15) is 24.0 Å². The summed E-state index contributed by atoms with van der Waals surface area (Å²) in [5.41, 5.74) is 6.41. The molecule has 0 saturated carbocycles. The van der Waals surface area contributed by atoms with E-state index < -0.39 is 0 Å². The summed E-state index contributed by atoms with van der Waals surface area (Å²) in [5, 5.41) is 3.64. The van der Waals surface area contributed by atoms with Gasteiger partial charge >= 0.3 is 0 Å². The predicted octanol–water partition coefficient (Wildman–Crippen LogP) is 2.61. The number of nitrogens with two attached hydrogens (primary N) is 1. The highest BCUT2D eigenvalue weighted by Gasteiger charge is 2.07. The molecule has 0 fully saturated rings. The van der Waals surface area contributed by atoms with E-state index in [0.29, 0.717) is 33.9 Å². The molecule has 0 bridgehead atoms. The van der Waals surface area contributed by atoms with E-state index in [1.54, 1.807) is 38.5 Å². The second-order valence-electron chi connectivity index (χ2n) is 4.00. The molecule has 20 heavy (non-hydrogen) atoms. The van der Waals surface area contributed by atoms with Gasteiger partial charge in [-0.05, 0) is 12.1 Å². The maximum atomic E-state index is 6.13. The maximum Gasteiger partial charge on any atom is 0.158 e. The van der Waals surface area contributed by atoms with Crippen LogP contribution in [0.5, 0.6) is 5.75 Å². The summed E-state index contributed by atoms with van der Waals surface area (Å²) < 4.78 is 10.2. The Balaban J connectivity index is 2.29. The first-order chi connectivity index (χ1) is 9.62. The topological polar surface area (TPSA) is 82.3 Å². The number of hydrogen-bond donors (Lipinski definition) is 2. The quantitative estimate of drug-likeness (QED) is 0.882. The van der Waals surface area contributed by atoms with Crippen molar-refractivity contribution in [1.82, 2.24) is 9.97 Å². The Morgan fingerprint density at radius 2 is 2.05 bits per heavy atom. The van der Waals surface area contributed by atoms with Crippen LogP contribution in [-0.2, 0) is 11.3 Å². The predicted molar refractivity (Wildman–Crippen MR) is 78.4 cm³/mol. The lowest BCUT2D eigenvalue weighted by molar-refractivity contribution is 0.178. The Labute approximate surface area is 121 Å². The molecule has 2 rings (SSSR count). The van der Waals surface area contributed by atoms with E-state index in [9.17, 15) is 0 Å². The molecule has 0 radical (unpaired) electrons. The zero-order chi connectivity index (χ0) is 14.5. The van der Waals surface area contributed by atoms with Crippen LogP contribution in [0.1, 0.15) is 5.82 Å². The monoisotopic (exact) mass is 294 g/mol. The molecule has 106 valence electrons. The summed E-state index contributed by atoms with van der Waals surface area (Å²) in [7, 11) is 3.16. The van der Waals surface area contributed by atoms with E-state index in [1.165, 1.54) is 0 Å². The molecule has 0 amide bonds. The van der Waals surface area contributed by atoms with Crippen LogP contribution < -0.4 is 15.8 Å². The van der Waals surface area contributed by atoms with Crippen molar-refractivity contribution in [3.8, 4) is 5.75 Å². The first kappa shape index (κ1) is 14.4. The van der Waals surface area contributed by atoms with Crippen LogP contribution in [0.15, 0.2) is 24.3 Å². The Morgan fingerprint density at radius 1 is 1.25 bits per heavy atom. The number of nitrogens with zero attached hydrogens (tertiary/aromatic N) is 2. The number of rotatable bonds is 5. The number of halogens is 1.